The summed E-state index contributed by atoms with van der Waals surface area (Å²) in [5.41, 5.74) is 1.64. The molecule has 144 valence electrons. The molecule has 1 fully saturated rings. The van der Waals surface area contributed by atoms with Crippen molar-refractivity contribution in [2.45, 2.75) is 18.9 Å². The summed E-state index contributed by atoms with van der Waals surface area (Å²) in [5, 5.41) is 2.93. The maximum atomic E-state index is 12.9. The molecule has 6 heteroatoms. The summed E-state index contributed by atoms with van der Waals surface area (Å²) in [5.74, 6) is 0.338. The van der Waals surface area contributed by atoms with Crippen LogP contribution in [0.3, 0.4) is 0 Å². The molecular weight excluding hydrogens is 356 g/mol. The minimum Gasteiger partial charge on any atom is -0.472 e. The van der Waals surface area contributed by atoms with Gasteiger partial charge >= 0.3 is 0 Å². The van der Waals surface area contributed by atoms with Crippen molar-refractivity contribution in [2.24, 2.45) is 5.92 Å². The van der Waals surface area contributed by atoms with Crippen molar-refractivity contribution < 1.29 is 18.4 Å². The fraction of sp³-hybridized carbons (Fsp3) is 0.273. The van der Waals surface area contributed by atoms with Crippen LogP contribution in [0.4, 0.5) is 0 Å². The van der Waals surface area contributed by atoms with Crippen LogP contribution in [0.15, 0.2) is 76.2 Å². The Hall–Kier alpha value is -3.28. The van der Waals surface area contributed by atoms with E-state index in [1.165, 1.54) is 12.5 Å². The van der Waals surface area contributed by atoms with Crippen LogP contribution < -0.4 is 5.32 Å². The lowest BCUT2D eigenvalue weighted by Gasteiger charge is -2.37. The van der Waals surface area contributed by atoms with Gasteiger partial charge in [-0.2, -0.15) is 0 Å². The lowest BCUT2D eigenvalue weighted by atomic mass is 9.84. The summed E-state index contributed by atoms with van der Waals surface area (Å²) in [7, 11) is 0. The number of furan rings is 2. The average Bonchev–Trinajstić information content (AvgIpc) is 3.46. The molecule has 2 atom stereocenters. The van der Waals surface area contributed by atoms with Gasteiger partial charge in [0.2, 0.25) is 5.91 Å². The Balaban J connectivity index is 1.51. The zero-order valence-electron chi connectivity index (χ0n) is 15.4. The topological polar surface area (TPSA) is 75.7 Å². The van der Waals surface area contributed by atoms with Gasteiger partial charge in [0.25, 0.3) is 5.91 Å². The highest BCUT2D eigenvalue weighted by Crippen LogP contribution is 2.31. The van der Waals surface area contributed by atoms with Gasteiger partial charge in [0.1, 0.15) is 12.0 Å². The minimum absolute atomic E-state index is 0.0676. The summed E-state index contributed by atoms with van der Waals surface area (Å²) in [4.78, 5) is 27.4. The Kier molecular flexibility index (Phi) is 5.28. The Morgan fingerprint density at radius 2 is 1.89 bits per heavy atom. The molecule has 2 amide bonds. The molecular formula is C22H22N2O4. The number of likely N-dealkylation sites (tertiary alicyclic amines) is 1. The molecule has 6 nitrogen and oxygen atoms in total. The standard InChI is InChI=1S/C22H22N2O4/c25-21(23-12-20-7-4-9-28-20)19-11-18(16-5-2-1-3-6-16)13-24(14-19)22(26)17-8-10-27-15-17/h1-10,15,18-19H,11-14H2,(H,23,25)/t18-,19+/m0/s1. The van der Waals surface area contributed by atoms with Crippen LogP contribution in [0, 0.1) is 5.92 Å². The second-order valence-corrected chi connectivity index (χ2v) is 7.06. The van der Waals surface area contributed by atoms with E-state index in [1.54, 1.807) is 23.3 Å². The van der Waals surface area contributed by atoms with Crippen molar-refractivity contribution in [3.05, 3.63) is 84.2 Å². The van der Waals surface area contributed by atoms with Crippen LogP contribution in [-0.2, 0) is 11.3 Å². The maximum absolute atomic E-state index is 12.9. The Morgan fingerprint density at radius 3 is 2.61 bits per heavy atom. The van der Waals surface area contributed by atoms with Crippen LogP contribution in [0.5, 0.6) is 0 Å². The number of benzene rings is 1. The zero-order chi connectivity index (χ0) is 19.3. The lowest BCUT2D eigenvalue weighted by molar-refractivity contribution is -0.126. The summed E-state index contributed by atoms with van der Waals surface area (Å²) in [6.45, 7) is 1.31. The average molecular weight is 378 g/mol. The number of hydrogen-bond donors (Lipinski definition) is 1. The van der Waals surface area contributed by atoms with Crippen molar-refractivity contribution in [1.29, 1.82) is 0 Å². The third-order valence-electron chi connectivity index (χ3n) is 5.16. The van der Waals surface area contributed by atoms with E-state index < -0.39 is 0 Å². The number of carbonyl (C=O) groups excluding carboxylic acids is 2. The molecule has 3 aromatic rings. The largest absolute Gasteiger partial charge is 0.472 e. The van der Waals surface area contributed by atoms with Crippen LogP contribution in [0.1, 0.15) is 34.0 Å². The second kappa shape index (κ2) is 8.17. The molecule has 1 N–H and O–H groups in total. The second-order valence-electron chi connectivity index (χ2n) is 7.06. The minimum atomic E-state index is -0.287. The molecule has 2 aromatic heterocycles. The van der Waals surface area contributed by atoms with E-state index in [-0.39, 0.29) is 23.7 Å². The van der Waals surface area contributed by atoms with Gasteiger partial charge in [-0.25, -0.2) is 0 Å². The highest BCUT2D eigenvalue weighted by molar-refractivity contribution is 5.94. The molecule has 0 saturated carbocycles. The van der Waals surface area contributed by atoms with E-state index in [0.717, 1.165) is 5.56 Å². The number of carbonyl (C=O) groups is 2. The van der Waals surface area contributed by atoms with Crippen molar-refractivity contribution >= 4 is 11.8 Å². The van der Waals surface area contributed by atoms with Gasteiger partial charge in [-0.05, 0) is 30.2 Å². The summed E-state index contributed by atoms with van der Waals surface area (Å²) in [6, 6.07) is 15.3. The predicted molar refractivity (Wildman–Crippen MR) is 102 cm³/mol. The van der Waals surface area contributed by atoms with Crippen LogP contribution >= 0.6 is 0 Å². The predicted octanol–water partition coefficient (Wildman–Crippen LogP) is 3.43. The van der Waals surface area contributed by atoms with Gasteiger partial charge in [-0.3, -0.25) is 9.59 Å². The van der Waals surface area contributed by atoms with Crippen LogP contribution in [0.2, 0.25) is 0 Å². The quantitative estimate of drug-likeness (QED) is 0.738. The summed E-state index contributed by atoms with van der Waals surface area (Å²) in [6.07, 6.45) is 5.21. The molecule has 1 aliphatic heterocycles. The molecule has 0 radical (unpaired) electrons. The van der Waals surface area contributed by atoms with E-state index in [9.17, 15) is 9.59 Å². The third kappa shape index (κ3) is 4.01. The molecule has 4 rings (SSSR count). The molecule has 0 aliphatic carbocycles. The number of piperidine rings is 1. The first-order valence-corrected chi connectivity index (χ1v) is 9.37. The molecule has 3 heterocycles. The highest BCUT2D eigenvalue weighted by atomic mass is 16.3. The van der Waals surface area contributed by atoms with Crippen LogP contribution in [0.25, 0.3) is 0 Å². The Bertz CT molecular complexity index is 903. The zero-order valence-corrected chi connectivity index (χ0v) is 15.4. The van der Waals surface area contributed by atoms with Gasteiger partial charge in [-0.1, -0.05) is 30.3 Å². The number of nitrogens with one attached hydrogen (secondary N) is 1. The van der Waals surface area contributed by atoms with Crippen LogP contribution in [-0.4, -0.2) is 29.8 Å². The van der Waals surface area contributed by atoms with E-state index in [2.05, 4.69) is 5.32 Å². The van der Waals surface area contributed by atoms with Crippen molar-refractivity contribution in [3.63, 3.8) is 0 Å². The number of rotatable bonds is 5. The van der Waals surface area contributed by atoms with Crippen molar-refractivity contribution in [1.82, 2.24) is 10.2 Å². The van der Waals surface area contributed by atoms with Gasteiger partial charge < -0.3 is 19.1 Å². The van der Waals surface area contributed by atoms with Gasteiger partial charge in [0, 0.05) is 19.0 Å². The smallest absolute Gasteiger partial charge is 0.257 e. The third-order valence-corrected chi connectivity index (χ3v) is 5.16. The van der Waals surface area contributed by atoms with E-state index >= 15 is 0 Å². The molecule has 28 heavy (non-hydrogen) atoms. The summed E-state index contributed by atoms with van der Waals surface area (Å²) >= 11 is 0. The molecule has 0 bridgehead atoms. The van der Waals surface area contributed by atoms with Gasteiger partial charge in [0.15, 0.2) is 0 Å². The molecule has 1 aliphatic rings. The van der Waals surface area contributed by atoms with Gasteiger partial charge in [-0.15, -0.1) is 0 Å². The summed E-state index contributed by atoms with van der Waals surface area (Å²) < 4.78 is 10.3. The SMILES string of the molecule is O=C(NCc1ccco1)[C@@H]1C[C@H](c2ccccc2)CN(C(=O)c2ccoc2)C1. The molecule has 0 unspecified atom stereocenters. The Labute approximate surface area is 163 Å². The normalized spacial score (nSPS) is 19.4. The van der Waals surface area contributed by atoms with Crippen molar-refractivity contribution in [2.75, 3.05) is 13.1 Å². The molecule has 1 aromatic carbocycles. The molecule has 1 saturated heterocycles. The molecule has 0 spiro atoms. The first-order chi connectivity index (χ1) is 13.7. The number of nitrogens with zero attached hydrogens (tertiary/aromatic N) is 1. The first kappa shape index (κ1) is 18.1. The van der Waals surface area contributed by atoms with E-state index in [0.29, 0.717) is 37.4 Å². The monoisotopic (exact) mass is 378 g/mol. The first-order valence-electron chi connectivity index (χ1n) is 9.37. The van der Waals surface area contributed by atoms with E-state index in [1.807, 2.05) is 36.4 Å². The number of amides is 2. The fourth-order valence-electron chi connectivity index (χ4n) is 3.72. The maximum Gasteiger partial charge on any atom is 0.257 e. The van der Waals surface area contributed by atoms with Crippen molar-refractivity contribution in [3.8, 4) is 0 Å². The number of hydrogen-bond acceptors (Lipinski definition) is 4. The van der Waals surface area contributed by atoms with E-state index in [4.69, 9.17) is 8.83 Å². The highest BCUT2D eigenvalue weighted by Gasteiger charge is 2.35. The fourth-order valence-corrected chi connectivity index (χ4v) is 3.72. The lowest BCUT2D eigenvalue weighted by Crippen LogP contribution is -2.47. The Morgan fingerprint density at radius 1 is 1.04 bits per heavy atom. The van der Waals surface area contributed by atoms with Gasteiger partial charge in [0.05, 0.1) is 30.6 Å².